The second-order valence-corrected chi connectivity index (χ2v) is 8.33. The number of benzene rings is 3. The number of nitrogens with zero attached hydrogens (tertiary/aromatic N) is 1. The number of halogens is 1. The lowest BCUT2D eigenvalue weighted by Gasteiger charge is -2.32. The molecular formula is C27H29FN4O3. The lowest BCUT2D eigenvalue weighted by Crippen LogP contribution is -2.33. The highest BCUT2D eigenvalue weighted by molar-refractivity contribution is 6.04. The molecular weight excluding hydrogens is 447 g/mol. The number of anilines is 3. The van der Waals surface area contributed by atoms with E-state index in [0.29, 0.717) is 37.4 Å². The molecule has 4 rings (SSSR count). The van der Waals surface area contributed by atoms with Crippen molar-refractivity contribution in [3.05, 3.63) is 89.2 Å². The zero-order valence-corrected chi connectivity index (χ0v) is 19.6. The van der Waals surface area contributed by atoms with Crippen molar-refractivity contribution in [3.8, 4) is 0 Å². The molecule has 0 bridgehead atoms. The number of carbonyl (C=O) groups is 2. The van der Waals surface area contributed by atoms with Crippen LogP contribution >= 0.6 is 0 Å². The average Bonchev–Trinajstić information content (AvgIpc) is 2.87. The third-order valence-electron chi connectivity index (χ3n) is 5.90. The standard InChI is InChI=1S/C27H29FN4O3/c1-35-16-6-14-29-26(33)22-17-21(30-27(34)31-24-10-5-4-9-23(24)28)11-12-25(22)32-15-13-19-7-2-3-8-20(19)18-32/h2-5,7-12,17H,6,13-16,18H2,1H3,(H,29,33)(H2,30,31,34). The summed E-state index contributed by atoms with van der Waals surface area (Å²) in [7, 11) is 1.62. The van der Waals surface area contributed by atoms with Crippen LogP contribution in [-0.2, 0) is 17.7 Å². The van der Waals surface area contributed by atoms with Crippen LogP contribution in [0.3, 0.4) is 0 Å². The van der Waals surface area contributed by atoms with Gasteiger partial charge in [-0.3, -0.25) is 4.79 Å². The van der Waals surface area contributed by atoms with E-state index in [4.69, 9.17) is 4.74 Å². The Morgan fingerprint density at radius 3 is 2.57 bits per heavy atom. The zero-order chi connectivity index (χ0) is 24.6. The van der Waals surface area contributed by atoms with Gasteiger partial charge in [-0.15, -0.1) is 0 Å². The van der Waals surface area contributed by atoms with Crippen LogP contribution in [0, 0.1) is 5.82 Å². The molecule has 0 atom stereocenters. The van der Waals surface area contributed by atoms with Crippen LogP contribution in [0.4, 0.5) is 26.2 Å². The minimum atomic E-state index is -0.596. The van der Waals surface area contributed by atoms with Gasteiger partial charge in [-0.25, -0.2) is 9.18 Å². The molecule has 7 nitrogen and oxygen atoms in total. The van der Waals surface area contributed by atoms with Crippen molar-refractivity contribution in [1.82, 2.24) is 5.32 Å². The second kappa shape index (κ2) is 11.5. The Hall–Kier alpha value is -3.91. The number of nitrogens with one attached hydrogen (secondary N) is 3. The third-order valence-corrected chi connectivity index (χ3v) is 5.90. The number of rotatable bonds is 8. The quantitative estimate of drug-likeness (QED) is 0.408. The molecule has 3 amide bonds. The summed E-state index contributed by atoms with van der Waals surface area (Å²) >= 11 is 0. The van der Waals surface area contributed by atoms with Crippen molar-refractivity contribution in [2.24, 2.45) is 0 Å². The minimum Gasteiger partial charge on any atom is -0.385 e. The lowest BCUT2D eigenvalue weighted by molar-refractivity contribution is 0.0949. The van der Waals surface area contributed by atoms with Crippen molar-refractivity contribution in [2.45, 2.75) is 19.4 Å². The summed E-state index contributed by atoms with van der Waals surface area (Å²) < 4.78 is 18.9. The fourth-order valence-corrected chi connectivity index (χ4v) is 4.13. The van der Waals surface area contributed by atoms with E-state index in [1.807, 2.05) is 18.2 Å². The monoisotopic (exact) mass is 476 g/mol. The van der Waals surface area contributed by atoms with E-state index >= 15 is 0 Å². The number of ether oxygens (including phenoxy) is 1. The maximum Gasteiger partial charge on any atom is 0.323 e. The van der Waals surface area contributed by atoms with E-state index < -0.39 is 11.8 Å². The molecule has 0 fully saturated rings. The molecule has 0 saturated heterocycles. The van der Waals surface area contributed by atoms with Crippen LogP contribution in [0.1, 0.15) is 27.9 Å². The van der Waals surface area contributed by atoms with Gasteiger partial charge in [-0.2, -0.15) is 0 Å². The molecule has 0 radical (unpaired) electrons. The highest BCUT2D eigenvalue weighted by Crippen LogP contribution is 2.29. The van der Waals surface area contributed by atoms with Gasteiger partial charge < -0.3 is 25.6 Å². The van der Waals surface area contributed by atoms with Crippen LogP contribution in [-0.4, -0.2) is 38.7 Å². The molecule has 0 spiro atoms. The van der Waals surface area contributed by atoms with Crippen LogP contribution < -0.4 is 20.9 Å². The third kappa shape index (κ3) is 6.16. The molecule has 8 heteroatoms. The fraction of sp³-hybridized carbons (Fsp3) is 0.259. The summed E-state index contributed by atoms with van der Waals surface area (Å²) in [4.78, 5) is 27.8. The van der Waals surface area contributed by atoms with Crippen molar-refractivity contribution in [1.29, 1.82) is 0 Å². The summed E-state index contributed by atoms with van der Waals surface area (Å²) in [5, 5.41) is 8.13. The predicted molar refractivity (Wildman–Crippen MR) is 136 cm³/mol. The summed E-state index contributed by atoms with van der Waals surface area (Å²) in [6.07, 6.45) is 1.58. The second-order valence-electron chi connectivity index (χ2n) is 8.33. The maximum atomic E-state index is 13.9. The average molecular weight is 477 g/mol. The van der Waals surface area contributed by atoms with Gasteiger partial charge in [0.1, 0.15) is 5.82 Å². The van der Waals surface area contributed by atoms with Gasteiger partial charge in [0, 0.05) is 44.7 Å². The van der Waals surface area contributed by atoms with E-state index in [2.05, 4.69) is 33.0 Å². The van der Waals surface area contributed by atoms with E-state index in [-0.39, 0.29) is 11.6 Å². The summed E-state index contributed by atoms with van der Waals surface area (Å²) in [6.45, 7) is 2.50. The number of hydrogen-bond acceptors (Lipinski definition) is 4. The SMILES string of the molecule is COCCCNC(=O)c1cc(NC(=O)Nc2ccccc2F)ccc1N1CCc2ccccc2C1. The van der Waals surface area contributed by atoms with Gasteiger partial charge in [-0.1, -0.05) is 36.4 Å². The van der Waals surface area contributed by atoms with Crippen LogP contribution in [0.5, 0.6) is 0 Å². The molecule has 1 aliphatic rings. The summed E-state index contributed by atoms with van der Waals surface area (Å²) in [6, 6.07) is 18.9. The zero-order valence-electron chi connectivity index (χ0n) is 19.6. The van der Waals surface area contributed by atoms with E-state index in [0.717, 1.165) is 18.7 Å². The molecule has 3 aromatic rings. The van der Waals surface area contributed by atoms with Gasteiger partial charge >= 0.3 is 6.03 Å². The molecule has 1 heterocycles. The molecule has 0 aliphatic carbocycles. The molecule has 0 aromatic heterocycles. The highest BCUT2D eigenvalue weighted by Gasteiger charge is 2.22. The van der Waals surface area contributed by atoms with Crippen molar-refractivity contribution < 1.29 is 18.7 Å². The smallest absolute Gasteiger partial charge is 0.323 e. The van der Waals surface area contributed by atoms with Gasteiger partial charge in [0.05, 0.1) is 11.3 Å². The maximum absolute atomic E-state index is 13.9. The van der Waals surface area contributed by atoms with Crippen molar-refractivity contribution in [2.75, 3.05) is 42.3 Å². The number of hydrogen-bond donors (Lipinski definition) is 3. The predicted octanol–water partition coefficient (Wildman–Crippen LogP) is 4.80. The molecule has 0 unspecified atom stereocenters. The normalized spacial score (nSPS) is 12.6. The van der Waals surface area contributed by atoms with Crippen molar-refractivity contribution >= 4 is 29.0 Å². The Kier molecular flexibility index (Phi) is 7.95. The molecule has 35 heavy (non-hydrogen) atoms. The Labute approximate surface area is 204 Å². The Balaban J connectivity index is 1.54. The number of methoxy groups -OCH3 is 1. The topological polar surface area (TPSA) is 82.7 Å². The van der Waals surface area contributed by atoms with Gasteiger partial charge in [0.15, 0.2) is 0 Å². The summed E-state index contributed by atoms with van der Waals surface area (Å²) in [5.41, 5.74) is 4.31. The lowest BCUT2D eigenvalue weighted by atomic mass is 9.98. The number of para-hydroxylation sites is 1. The number of amides is 3. The van der Waals surface area contributed by atoms with Crippen molar-refractivity contribution in [3.63, 3.8) is 0 Å². The molecule has 182 valence electrons. The fourth-order valence-electron chi connectivity index (χ4n) is 4.13. The first-order valence-corrected chi connectivity index (χ1v) is 11.6. The first kappa shape index (κ1) is 24.2. The van der Waals surface area contributed by atoms with Crippen LogP contribution in [0.15, 0.2) is 66.7 Å². The van der Waals surface area contributed by atoms with Gasteiger partial charge in [0.2, 0.25) is 0 Å². The van der Waals surface area contributed by atoms with E-state index in [9.17, 15) is 14.0 Å². The van der Waals surface area contributed by atoms with E-state index in [1.54, 1.807) is 31.4 Å². The molecule has 3 N–H and O–H groups in total. The number of carbonyl (C=O) groups excluding carboxylic acids is 2. The van der Waals surface area contributed by atoms with Crippen LogP contribution in [0.2, 0.25) is 0 Å². The van der Waals surface area contributed by atoms with E-state index in [1.165, 1.54) is 23.3 Å². The molecule has 0 saturated carbocycles. The Morgan fingerprint density at radius 1 is 1.00 bits per heavy atom. The van der Waals surface area contributed by atoms with Crippen LogP contribution in [0.25, 0.3) is 0 Å². The first-order valence-electron chi connectivity index (χ1n) is 11.6. The number of fused-ring (bicyclic) bond motifs is 1. The van der Waals surface area contributed by atoms with Gasteiger partial charge in [-0.05, 0) is 54.3 Å². The molecule has 1 aliphatic heterocycles. The minimum absolute atomic E-state index is 0.0738. The number of urea groups is 1. The highest BCUT2D eigenvalue weighted by atomic mass is 19.1. The Morgan fingerprint density at radius 2 is 1.77 bits per heavy atom. The largest absolute Gasteiger partial charge is 0.385 e. The molecule has 3 aromatic carbocycles. The Bertz CT molecular complexity index is 1200. The first-order chi connectivity index (χ1) is 17.0. The van der Waals surface area contributed by atoms with Gasteiger partial charge in [0.25, 0.3) is 5.91 Å². The summed E-state index contributed by atoms with van der Waals surface area (Å²) in [5.74, 6) is -0.757.